The first-order valence-corrected chi connectivity index (χ1v) is 7.27. The number of carboxylic acids is 1. The van der Waals surface area contributed by atoms with Crippen molar-refractivity contribution in [3.63, 3.8) is 0 Å². The lowest BCUT2D eigenvalue weighted by atomic mass is 10.1. The Labute approximate surface area is 119 Å². The van der Waals surface area contributed by atoms with Gasteiger partial charge in [-0.1, -0.05) is 19.8 Å². The highest BCUT2D eigenvalue weighted by Gasteiger charge is 2.18. The molecule has 2 rings (SSSR count). The van der Waals surface area contributed by atoms with Crippen molar-refractivity contribution in [2.45, 2.75) is 45.1 Å². The number of nitrogens with one attached hydrogen (secondary N) is 1. The highest BCUT2D eigenvalue weighted by molar-refractivity contribution is 5.77. The fourth-order valence-electron chi connectivity index (χ4n) is 2.39. The Morgan fingerprint density at radius 3 is 2.85 bits per heavy atom. The monoisotopic (exact) mass is 278 g/mol. The molecular formula is C14H22N4O2. The zero-order valence-corrected chi connectivity index (χ0v) is 11.9. The van der Waals surface area contributed by atoms with Gasteiger partial charge in [0.05, 0.1) is 0 Å². The molecule has 1 aliphatic heterocycles. The van der Waals surface area contributed by atoms with E-state index < -0.39 is 12.0 Å². The van der Waals surface area contributed by atoms with E-state index in [1.165, 1.54) is 19.2 Å². The van der Waals surface area contributed by atoms with E-state index in [2.05, 4.69) is 27.1 Å². The van der Waals surface area contributed by atoms with Crippen LogP contribution in [0.5, 0.6) is 0 Å². The fraction of sp³-hybridized carbons (Fsp3) is 0.643. The van der Waals surface area contributed by atoms with E-state index in [9.17, 15) is 9.90 Å². The molecule has 1 aliphatic rings. The van der Waals surface area contributed by atoms with Gasteiger partial charge in [0.1, 0.15) is 24.0 Å². The molecule has 1 atom stereocenters. The van der Waals surface area contributed by atoms with Gasteiger partial charge in [0.15, 0.2) is 0 Å². The van der Waals surface area contributed by atoms with Crippen molar-refractivity contribution < 1.29 is 9.90 Å². The number of anilines is 2. The van der Waals surface area contributed by atoms with E-state index in [0.717, 1.165) is 31.7 Å². The number of unbranched alkanes of at least 4 members (excludes halogenated alkanes) is 1. The Hall–Kier alpha value is -1.85. The van der Waals surface area contributed by atoms with Crippen molar-refractivity contribution in [2.75, 3.05) is 23.3 Å². The Morgan fingerprint density at radius 2 is 2.20 bits per heavy atom. The number of nitrogens with zero attached hydrogens (tertiary/aromatic N) is 3. The Balaban J connectivity index is 2.03. The zero-order valence-electron chi connectivity index (χ0n) is 11.9. The maximum absolute atomic E-state index is 11.2. The molecule has 0 bridgehead atoms. The molecule has 0 saturated carbocycles. The topological polar surface area (TPSA) is 78.3 Å². The molecule has 1 fully saturated rings. The van der Waals surface area contributed by atoms with E-state index >= 15 is 0 Å². The number of hydrogen-bond acceptors (Lipinski definition) is 5. The predicted molar refractivity (Wildman–Crippen MR) is 78.1 cm³/mol. The average molecular weight is 278 g/mol. The van der Waals surface area contributed by atoms with Crippen LogP contribution in [-0.2, 0) is 4.79 Å². The molecule has 1 aromatic heterocycles. The first-order chi connectivity index (χ1) is 9.70. The maximum Gasteiger partial charge on any atom is 0.326 e. The second-order valence-electron chi connectivity index (χ2n) is 5.13. The molecule has 0 aliphatic carbocycles. The summed E-state index contributed by atoms with van der Waals surface area (Å²) >= 11 is 0. The van der Waals surface area contributed by atoms with E-state index in [0.29, 0.717) is 12.2 Å². The van der Waals surface area contributed by atoms with Gasteiger partial charge in [-0.15, -0.1) is 0 Å². The van der Waals surface area contributed by atoms with Crippen molar-refractivity contribution in [3.05, 3.63) is 12.4 Å². The first-order valence-electron chi connectivity index (χ1n) is 7.27. The van der Waals surface area contributed by atoms with Crippen LogP contribution in [0.4, 0.5) is 11.6 Å². The molecular weight excluding hydrogens is 256 g/mol. The predicted octanol–water partition coefficient (Wildman–Crippen LogP) is 2.13. The summed E-state index contributed by atoms with van der Waals surface area (Å²) in [6.07, 6.45) is 6.33. The van der Waals surface area contributed by atoms with Crippen molar-refractivity contribution in [2.24, 2.45) is 0 Å². The van der Waals surface area contributed by atoms with Crippen LogP contribution < -0.4 is 10.2 Å². The summed E-state index contributed by atoms with van der Waals surface area (Å²) in [6.45, 7) is 4.07. The van der Waals surface area contributed by atoms with Gasteiger partial charge in [-0.25, -0.2) is 14.8 Å². The third-order valence-corrected chi connectivity index (χ3v) is 3.55. The smallest absolute Gasteiger partial charge is 0.326 e. The molecule has 0 spiro atoms. The Kier molecular flexibility index (Phi) is 5.15. The van der Waals surface area contributed by atoms with Crippen LogP contribution in [0.1, 0.15) is 39.0 Å². The molecule has 6 nitrogen and oxygen atoms in total. The Morgan fingerprint density at radius 1 is 1.45 bits per heavy atom. The van der Waals surface area contributed by atoms with Gasteiger partial charge in [-0.2, -0.15) is 0 Å². The van der Waals surface area contributed by atoms with Gasteiger partial charge >= 0.3 is 5.97 Å². The van der Waals surface area contributed by atoms with Gasteiger partial charge in [-0.3, -0.25) is 0 Å². The third kappa shape index (κ3) is 3.82. The summed E-state index contributed by atoms with van der Waals surface area (Å²) in [5, 5.41) is 12.2. The minimum Gasteiger partial charge on any atom is -0.480 e. The minimum atomic E-state index is -0.834. The lowest BCUT2D eigenvalue weighted by Crippen LogP contribution is -2.29. The minimum absolute atomic E-state index is 0.587. The summed E-state index contributed by atoms with van der Waals surface area (Å²) in [5.74, 6) is 0.629. The molecule has 20 heavy (non-hydrogen) atoms. The lowest BCUT2D eigenvalue weighted by Gasteiger charge is -2.18. The van der Waals surface area contributed by atoms with Crippen LogP contribution in [0, 0.1) is 0 Å². The van der Waals surface area contributed by atoms with Crippen LogP contribution in [0.2, 0.25) is 0 Å². The zero-order chi connectivity index (χ0) is 14.4. The number of carbonyl (C=O) groups is 1. The quantitative estimate of drug-likeness (QED) is 0.795. The first kappa shape index (κ1) is 14.6. The molecule has 0 aromatic carbocycles. The molecule has 0 amide bonds. The van der Waals surface area contributed by atoms with E-state index in [4.69, 9.17) is 0 Å². The molecule has 2 heterocycles. The molecule has 2 N–H and O–H groups in total. The normalized spacial score (nSPS) is 16.1. The van der Waals surface area contributed by atoms with Crippen molar-refractivity contribution in [1.29, 1.82) is 0 Å². The standard InChI is InChI=1S/C14H22N4O2/c1-2-3-6-11(14(19)20)17-12-9-13(16-10-15-12)18-7-4-5-8-18/h9-11H,2-8H2,1H3,(H,19,20)(H,15,16,17)/t11-/m0/s1. The van der Waals surface area contributed by atoms with Gasteiger partial charge in [0, 0.05) is 19.2 Å². The van der Waals surface area contributed by atoms with E-state index in [-0.39, 0.29) is 0 Å². The summed E-state index contributed by atoms with van der Waals surface area (Å²) < 4.78 is 0. The van der Waals surface area contributed by atoms with Gasteiger partial charge < -0.3 is 15.3 Å². The van der Waals surface area contributed by atoms with Crippen LogP contribution in [0.15, 0.2) is 12.4 Å². The van der Waals surface area contributed by atoms with Crippen molar-refractivity contribution >= 4 is 17.6 Å². The van der Waals surface area contributed by atoms with E-state index in [1.54, 1.807) is 0 Å². The molecule has 1 saturated heterocycles. The van der Waals surface area contributed by atoms with Crippen LogP contribution in [-0.4, -0.2) is 40.2 Å². The Bertz CT molecular complexity index is 447. The number of aromatic nitrogens is 2. The second kappa shape index (κ2) is 7.07. The molecule has 110 valence electrons. The average Bonchev–Trinajstić information content (AvgIpc) is 2.97. The number of rotatable bonds is 7. The van der Waals surface area contributed by atoms with Crippen LogP contribution >= 0.6 is 0 Å². The molecule has 6 heteroatoms. The van der Waals surface area contributed by atoms with E-state index in [1.807, 2.05) is 6.07 Å². The summed E-state index contributed by atoms with van der Waals surface area (Å²) in [4.78, 5) is 21.8. The largest absolute Gasteiger partial charge is 0.480 e. The van der Waals surface area contributed by atoms with Gasteiger partial charge in [-0.05, 0) is 19.3 Å². The van der Waals surface area contributed by atoms with Crippen LogP contribution in [0.25, 0.3) is 0 Å². The third-order valence-electron chi connectivity index (χ3n) is 3.55. The van der Waals surface area contributed by atoms with Crippen molar-refractivity contribution in [1.82, 2.24) is 9.97 Å². The summed E-state index contributed by atoms with van der Waals surface area (Å²) in [6, 6.07) is 1.25. The van der Waals surface area contributed by atoms with Gasteiger partial charge in [0.2, 0.25) is 0 Å². The molecule has 0 radical (unpaired) electrons. The van der Waals surface area contributed by atoms with Crippen LogP contribution in [0.3, 0.4) is 0 Å². The number of hydrogen-bond donors (Lipinski definition) is 2. The highest BCUT2D eigenvalue weighted by Crippen LogP contribution is 2.20. The number of carboxylic acid groups (broad SMARTS) is 1. The van der Waals surface area contributed by atoms with Gasteiger partial charge in [0.25, 0.3) is 0 Å². The summed E-state index contributed by atoms with van der Waals surface area (Å²) in [7, 11) is 0. The lowest BCUT2D eigenvalue weighted by molar-refractivity contribution is -0.138. The summed E-state index contributed by atoms with van der Waals surface area (Å²) in [5.41, 5.74) is 0. The number of aliphatic carboxylic acids is 1. The van der Waals surface area contributed by atoms with Crippen molar-refractivity contribution in [3.8, 4) is 0 Å². The molecule has 0 unspecified atom stereocenters. The second-order valence-corrected chi connectivity index (χ2v) is 5.13. The molecule has 1 aromatic rings. The SMILES string of the molecule is CCCC[C@H](Nc1cc(N2CCCC2)ncn1)C(=O)O. The highest BCUT2D eigenvalue weighted by atomic mass is 16.4. The fourth-order valence-corrected chi connectivity index (χ4v) is 2.39. The maximum atomic E-state index is 11.2.